The molecule has 0 spiro atoms. The summed E-state index contributed by atoms with van der Waals surface area (Å²) in [5.74, 6) is 0.123. The van der Waals surface area contributed by atoms with Gasteiger partial charge >= 0.3 is 5.97 Å². The summed E-state index contributed by atoms with van der Waals surface area (Å²) in [6.07, 6.45) is 0.457. The van der Waals surface area contributed by atoms with Gasteiger partial charge in [-0.1, -0.05) is 30.3 Å². The third-order valence-electron chi connectivity index (χ3n) is 3.61. The number of esters is 1. The van der Waals surface area contributed by atoms with Crippen LogP contribution in [0.25, 0.3) is 0 Å². The summed E-state index contributed by atoms with van der Waals surface area (Å²) < 4.78 is 10.2. The van der Waals surface area contributed by atoms with Gasteiger partial charge in [-0.05, 0) is 36.2 Å². The lowest BCUT2D eigenvalue weighted by molar-refractivity contribution is -0.142. The number of carbonyl (C=O) groups excluding carboxylic acids is 2. The Kier molecular flexibility index (Phi) is 6.51. The molecule has 1 unspecified atom stereocenters. The van der Waals surface area contributed by atoms with Gasteiger partial charge in [-0.25, -0.2) is 0 Å². The van der Waals surface area contributed by atoms with E-state index in [0.717, 1.165) is 5.56 Å². The second kappa shape index (κ2) is 8.84. The topological polar surface area (TPSA) is 78.6 Å². The first kappa shape index (κ1) is 17.7. The number of ketones is 1. The Labute approximate surface area is 141 Å². The molecule has 1 atom stereocenters. The highest BCUT2D eigenvalue weighted by Gasteiger charge is 2.16. The maximum Gasteiger partial charge on any atom is 0.322 e. The van der Waals surface area contributed by atoms with Gasteiger partial charge in [-0.15, -0.1) is 0 Å². The Morgan fingerprint density at radius 2 is 1.71 bits per heavy atom. The fraction of sp³-hybridized carbons (Fsp3) is 0.263. The van der Waals surface area contributed by atoms with Crippen molar-refractivity contribution < 1.29 is 19.1 Å². The highest BCUT2D eigenvalue weighted by Crippen LogP contribution is 2.16. The monoisotopic (exact) mass is 327 g/mol. The van der Waals surface area contributed by atoms with Crippen LogP contribution in [0.5, 0.6) is 5.75 Å². The van der Waals surface area contributed by atoms with Crippen molar-refractivity contribution in [1.29, 1.82) is 0 Å². The highest BCUT2D eigenvalue weighted by atomic mass is 16.5. The summed E-state index contributed by atoms with van der Waals surface area (Å²) >= 11 is 0. The largest absolute Gasteiger partial charge is 0.489 e. The summed E-state index contributed by atoms with van der Waals surface area (Å²) in [6.45, 7) is 0.474. The Morgan fingerprint density at radius 3 is 2.33 bits per heavy atom. The number of ether oxygens (including phenoxy) is 2. The first-order valence-corrected chi connectivity index (χ1v) is 7.73. The van der Waals surface area contributed by atoms with Crippen LogP contribution < -0.4 is 10.5 Å². The molecule has 0 saturated heterocycles. The minimum atomic E-state index is -0.771. The molecule has 0 bridgehead atoms. The molecule has 0 saturated carbocycles. The number of carbonyl (C=O) groups is 2. The number of Topliss-reactive ketones (excluding diaryl/α,β-unsaturated/α-hetero) is 1. The van der Waals surface area contributed by atoms with Gasteiger partial charge in [0.2, 0.25) is 0 Å². The summed E-state index contributed by atoms with van der Waals surface area (Å²) in [7, 11) is 1.28. The summed E-state index contributed by atoms with van der Waals surface area (Å²) in [5.41, 5.74) is 7.27. The number of rotatable bonds is 8. The predicted molar refractivity (Wildman–Crippen MR) is 90.8 cm³/mol. The lowest BCUT2D eigenvalue weighted by atomic mass is 10.0. The van der Waals surface area contributed by atoms with E-state index in [1.165, 1.54) is 7.11 Å². The number of hydrogen-bond acceptors (Lipinski definition) is 5. The highest BCUT2D eigenvalue weighted by molar-refractivity contribution is 5.96. The normalized spacial score (nSPS) is 11.6. The van der Waals surface area contributed by atoms with Crippen molar-refractivity contribution in [1.82, 2.24) is 0 Å². The van der Waals surface area contributed by atoms with E-state index in [1.54, 1.807) is 24.3 Å². The average Bonchev–Trinajstić information content (AvgIpc) is 2.64. The van der Waals surface area contributed by atoms with Crippen molar-refractivity contribution in [2.24, 2.45) is 5.73 Å². The van der Waals surface area contributed by atoms with E-state index in [-0.39, 0.29) is 18.6 Å². The molecule has 126 valence electrons. The zero-order chi connectivity index (χ0) is 17.4. The molecule has 0 aliphatic carbocycles. The molecule has 0 heterocycles. The van der Waals surface area contributed by atoms with Crippen LogP contribution in [0.3, 0.4) is 0 Å². The second-order valence-corrected chi connectivity index (χ2v) is 5.39. The third kappa shape index (κ3) is 5.21. The Hall–Kier alpha value is -2.66. The lowest BCUT2D eigenvalue weighted by Gasteiger charge is -2.09. The first-order valence-electron chi connectivity index (χ1n) is 7.73. The smallest absolute Gasteiger partial charge is 0.322 e. The van der Waals surface area contributed by atoms with Crippen LogP contribution in [0, 0.1) is 0 Å². The number of nitrogens with two attached hydrogens (primary N) is 1. The van der Waals surface area contributed by atoms with Crippen molar-refractivity contribution in [3.63, 3.8) is 0 Å². The zero-order valence-corrected chi connectivity index (χ0v) is 13.6. The van der Waals surface area contributed by atoms with Gasteiger partial charge in [-0.3, -0.25) is 9.59 Å². The zero-order valence-electron chi connectivity index (χ0n) is 13.6. The van der Waals surface area contributed by atoms with E-state index < -0.39 is 12.0 Å². The molecule has 0 aliphatic rings. The lowest BCUT2D eigenvalue weighted by Crippen LogP contribution is -2.32. The third-order valence-corrected chi connectivity index (χ3v) is 3.61. The molecule has 5 heteroatoms. The second-order valence-electron chi connectivity index (χ2n) is 5.39. The van der Waals surface area contributed by atoms with Gasteiger partial charge in [0.15, 0.2) is 5.78 Å². The van der Waals surface area contributed by atoms with Crippen molar-refractivity contribution >= 4 is 11.8 Å². The van der Waals surface area contributed by atoms with E-state index in [2.05, 4.69) is 4.74 Å². The molecule has 2 N–H and O–H groups in total. The quantitative estimate of drug-likeness (QED) is 0.596. The van der Waals surface area contributed by atoms with E-state index >= 15 is 0 Å². The van der Waals surface area contributed by atoms with E-state index in [1.807, 2.05) is 30.3 Å². The first-order chi connectivity index (χ1) is 11.6. The van der Waals surface area contributed by atoms with Crippen LogP contribution in [0.4, 0.5) is 0 Å². The number of methoxy groups -OCH3 is 1. The Balaban J connectivity index is 1.84. The van der Waals surface area contributed by atoms with Crippen LogP contribution in [0.2, 0.25) is 0 Å². The van der Waals surface area contributed by atoms with Gasteiger partial charge in [0.25, 0.3) is 0 Å². The minimum Gasteiger partial charge on any atom is -0.489 e. The molecule has 2 aromatic rings. The van der Waals surface area contributed by atoms with Crippen LogP contribution >= 0.6 is 0 Å². The molecule has 0 aliphatic heterocycles. The van der Waals surface area contributed by atoms with Gasteiger partial charge < -0.3 is 15.2 Å². The fourth-order valence-electron chi connectivity index (χ4n) is 2.18. The molecule has 2 aromatic carbocycles. The van der Waals surface area contributed by atoms with Crippen LogP contribution in [0.1, 0.15) is 28.8 Å². The molecule has 0 aromatic heterocycles. The maximum atomic E-state index is 12.1. The molecule has 0 fully saturated rings. The van der Waals surface area contributed by atoms with E-state index in [0.29, 0.717) is 17.9 Å². The van der Waals surface area contributed by atoms with Crippen molar-refractivity contribution in [2.75, 3.05) is 7.11 Å². The van der Waals surface area contributed by atoms with E-state index in [9.17, 15) is 9.59 Å². The Morgan fingerprint density at radius 1 is 1.04 bits per heavy atom. The number of hydrogen-bond donors (Lipinski definition) is 1. The SMILES string of the molecule is COC(=O)C(N)CCC(=O)c1ccc(OCc2ccccc2)cc1. The van der Waals surface area contributed by atoms with Crippen molar-refractivity contribution in [3.8, 4) is 5.75 Å². The van der Waals surface area contributed by atoms with Crippen LogP contribution in [-0.2, 0) is 16.1 Å². The summed E-state index contributed by atoms with van der Waals surface area (Å²) in [6, 6.07) is 16.0. The predicted octanol–water partition coefficient (Wildman–Crippen LogP) is 2.73. The molecule has 0 radical (unpaired) electrons. The van der Waals surface area contributed by atoms with Crippen molar-refractivity contribution in [3.05, 3.63) is 65.7 Å². The van der Waals surface area contributed by atoms with Crippen LogP contribution in [-0.4, -0.2) is 24.9 Å². The number of benzene rings is 2. The van der Waals surface area contributed by atoms with Gasteiger partial charge in [-0.2, -0.15) is 0 Å². The maximum absolute atomic E-state index is 12.1. The standard InChI is InChI=1S/C19H21NO4/c1-23-19(22)17(20)11-12-18(21)15-7-9-16(10-8-15)24-13-14-5-3-2-4-6-14/h2-10,17H,11-13,20H2,1H3. The minimum absolute atomic E-state index is 0.0658. The average molecular weight is 327 g/mol. The summed E-state index contributed by atoms with van der Waals surface area (Å²) in [4.78, 5) is 23.3. The van der Waals surface area contributed by atoms with Gasteiger partial charge in [0, 0.05) is 12.0 Å². The fourth-order valence-corrected chi connectivity index (χ4v) is 2.18. The van der Waals surface area contributed by atoms with Crippen molar-refractivity contribution in [2.45, 2.75) is 25.5 Å². The van der Waals surface area contributed by atoms with Gasteiger partial charge in [0.1, 0.15) is 18.4 Å². The molecular formula is C19H21NO4. The molecular weight excluding hydrogens is 306 g/mol. The van der Waals surface area contributed by atoms with E-state index in [4.69, 9.17) is 10.5 Å². The van der Waals surface area contributed by atoms with Gasteiger partial charge in [0.05, 0.1) is 7.11 Å². The molecule has 24 heavy (non-hydrogen) atoms. The Bertz CT molecular complexity index is 668. The molecule has 5 nitrogen and oxygen atoms in total. The molecule has 2 rings (SSSR count). The summed E-state index contributed by atoms with van der Waals surface area (Å²) in [5, 5.41) is 0. The van der Waals surface area contributed by atoms with Crippen LogP contribution in [0.15, 0.2) is 54.6 Å². The molecule has 0 amide bonds.